The van der Waals surface area contributed by atoms with Crippen molar-refractivity contribution < 1.29 is 24.3 Å². The maximum Gasteiger partial charge on any atom is 0.312 e. The summed E-state index contributed by atoms with van der Waals surface area (Å²) in [6.07, 6.45) is 3.59. The van der Waals surface area contributed by atoms with Gasteiger partial charge in [0.25, 0.3) is 0 Å². The highest BCUT2D eigenvalue weighted by Gasteiger charge is 2.39. The molecule has 0 radical (unpaired) electrons. The number of amides is 4. The van der Waals surface area contributed by atoms with Crippen LogP contribution in [0.3, 0.4) is 0 Å². The number of unbranched alkanes of at least 4 members (excludes halogenated alkanes) is 1. The number of carbonyl (C=O) groups excluding carboxylic acids is 4. The molecule has 2 atom stereocenters. The van der Waals surface area contributed by atoms with Crippen LogP contribution in [0.25, 0.3) is 0 Å². The number of nitrogens with zero attached hydrogens (tertiary/aromatic N) is 3. The summed E-state index contributed by atoms with van der Waals surface area (Å²) >= 11 is 0. The molecule has 2 aliphatic heterocycles. The van der Waals surface area contributed by atoms with Crippen molar-refractivity contribution in [3.63, 3.8) is 0 Å². The normalized spacial score (nSPS) is 19.9. The number of phenolic OH excluding ortho intramolecular Hbond substituents is 1. The number of hydrogen-bond acceptors (Lipinski definition) is 5. The van der Waals surface area contributed by atoms with E-state index in [4.69, 9.17) is 0 Å². The van der Waals surface area contributed by atoms with Gasteiger partial charge in [0.05, 0.1) is 6.04 Å². The van der Waals surface area contributed by atoms with Gasteiger partial charge in [0.1, 0.15) is 5.75 Å². The minimum Gasteiger partial charge on any atom is -0.508 e. The third-order valence-corrected chi connectivity index (χ3v) is 7.73. The van der Waals surface area contributed by atoms with E-state index in [2.05, 4.69) is 19.2 Å². The summed E-state index contributed by atoms with van der Waals surface area (Å²) in [6.45, 7) is 6.48. The molecule has 2 fully saturated rings. The van der Waals surface area contributed by atoms with Gasteiger partial charge >= 0.3 is 23.6 Å². The molecule has 4 rings (SSSR count). The molecular weight excluding hydrogens is 508 g/mol. The Morgan fingerprint density at radius 2 is 1.55 bits per heavy atom. The van der Waals surface area contributed by atoms with Crippen LogP contribution in [0.5, 0.6) is 5.75 Å². The summed E-state index contributed by atoms with van der Waals surface area (Å²) in [6, 6.07) is 16.4. The van der Waals surface area contributed by atoms with Gasteiger partial charge in [-0.2, -0.15) is 0 Å². The third-order valence-electron chi connectivity index (χ3n) is 7.73. The summed E-state index contributed by atoms with van der Waals surface area (Å²) in [5.74, 6) is -1.43. The number of piperazine rings is 2. The van der Waals surface area contributed by atoms with Gasteiger partial charge in [0.15, 0.2) is 0 Å². The zero-order chi connectivity index (χ0) is 28.6. The Hall–Kier alpha value is -3.88. The molecule has 4 amide bonds. The van der Waals surface area contributed by atoms with Crippen LogP contribution < -0.4 is 5.32 Å². The van der Waals surface area contributed by atoms with Crippen molar-refractivity contribution in [2.75, 3.05) is 26.2 Å². The van der Waals surface area contributed by atoms with Crippen LogP contribution in [0, 0.1) is 5.92 Å². The molecule has 0 unspecified atom stereocenters. The third kappa shape index (κ3) is 7.40. The van der Waals surface area contributed by atoms with E-state index >= 15 is 0 Å². The van der Waals surface area contributed by atoms with E-state index in [1.807, 2.05) is 42.5 Å². The molecule has 0 bridgehead atoms. The first kappa shape index (κ1) is 29.1. The van der Waals surface area contributed by atoms with Gasteiger partial charge in [-0.25, -0.2) is 0 Å². The van der Waals surface area contributed by atoms with Crippen LogP contribution in [-0.2, 0) is 32.1 Å². The molecule has 9 heteroatoms. The SMILES string of the molecule is CC(C)C[C@H]1CN(CCCC[C@H]2CNC(=O)C(=O)N2Cc2ccccc2)C(=O)C(=O)N1CCc1ccc(O)cc1. The zero-order valence-corrected chi connectivity index (χ0v) is 23.4. The molecule has 0 spiro atoms. The Labute approximate surface area is 236 Å². The van der Waals surface area contributed by atoms with E-state index in [1.165, 1.54) is 0 Å². The largest absolute Gasteiger partial charge is 0.508 e. The Morgan fingerprint density at radius 3 is 2.25 bits per heavy atom. The predicted molar refractivity (Wildman–Crippen MR) is 151 cm³/mol. The number of nitrogens with one attached hydrogen (secondary N) is 1. The summed E-state index contributed by atoms with van der Waals surface area (Å²) in [7, 11) is 0. The van der Waals surface area contributed by atoms with Crippen LogP contribution in [0.2, 0.25) is 0 Å². The first-order valence-corrected chi connectivity index (χ1v) is 14.2. The summed E-state index contributed by atoms with van der Waals surface area (Å²) in [4.78, 5) is 55.9. The lowest BCUT2D eigenvalue weighted by atomic mass is 9.98. The molecule has 2 aromatic rings. The highest BCUT2D eigenvalue weighted by atomic mass is 16.3. The van der Waals surface area contributed by atoms with Gasteiger partial charge in [-0.3, -0.25) is 19.2 Å². The standard InChI is InChI=1S/C31H40N4O5/c1-22(2)18-26-21-33(30(39)31(40)34(26)17-15-23-11-13-27(36)14-12-23)16-7-6-10-25-19-32-28(37)29(38)35(25)20-24-8-4-3-5-9-24/h3-5,8-9,11-14,22,25-26,36H,6-7,10,15-21H2,1-2H3,(H,32,37)/t25-,26-/m0/s1. The average molecular weight is 549 g/mol. The zero-order valence-electron chi connectivity index (χ0n) is 23.4. The number of aromatic hydroxyl groups is 1. The van der Waals surface area contributed by atoms with E-state index < -0.39 is 23.6 Å². The molecule has 2 heterocycles. The molecule has 2 saturated heterocycles. The smallest absolute Gasteiger partial charge is 0.312 e. The van der Waals surface area contributed by atoms with Gasteiger partial charge in [0, 0.05) is 38.8 Å². The monoisotopic (exact) mass is 548 g/mol. The maximum atomic E-state index is 13.2. The van der Waals surface area contributed by atoms with Crippen LogP contribution in [0.1, 0.15) is 50.7 Å². The van der Waals surface area contributed by atoms with Crippen molar-refractivity contribution in [1.29, 1.82) is 0 Å². The fourth-order valence-corrected chi connectivity index (χ4v) is 5.61. The van der Waals surface area contributed by atoms with E-state index in [9.17, 15) is 24.3 Å². The Bertz CT molecular complexity index is 1180. The number of hydrogen-bond donors (Lipinski definition) is 2. The van der Waals surface area contributed by atoms with Crippen molar-refractivity contribution in [2.45, 2.75) is 64.6 Å². The van der Waals surface area contributed by atoms with E-state index in [1.54, 1.807) is 26.8 Å². The molecule has 214 valence electrons. The Kier molecular flexibility index (Phi) is 9.79. The number of benzene rings is 2. The second-order valence-electron chi connectivity index (χ2n) is 11.2. The van der Waals surface area contributed by atoms with Crippen molar-refractivity contribution in [2.24, 2.45) is 5.92 Å². The minimum atomic E-state index is -0.573. The quantitative estimate of drug-likeness (QED) is 0.313. The fraction of sp³-hybridized carbons (Fsp3) is 0.484. The van der Waals surface area contributed by atoms with Crippen LogP contribution >= 0.6 is 0 Å². The number of rotatable bonds is 12. The van der Waals surface area contributed by atoms with Crippen LogP contribution in [0.15, 0.2) is 54.6 Å². The van der Waals surface area contributed by atoms with Crippen molar-refractivity contribution in [1.82, 2.24) is 20.0 Å². The first-order chi connectivity index (χ1) is 19.2. The highest BCUT2D eigenvalue weighted by molar-refractivity contribution is 6.36. The van der Waals surface area contributed by atoms with Crippen LogP contribution in [0.4, 0.5) is 0 Å². The molecule has 0 saturated carbocycles. The Balaban J connectivity index is 1.32. The minimum absolute atomic E-state index is 0.0464. The average Bonchev–Trinajstić information content (AvgIpc) is 2.94. The topological polar surface area (TPSA) is 110 Å². The maximum absolute atomic E-state index is 13.2. The highest BCUT2D eigenvalue weighted by Crippen LogP contribution is 2.22. The van der Waals surface area contributed by atoms with Gasteiger partial charge in [-0.15, -0.1) is 0 Å². The van der Waals surface area contributed by atoms with Crippen molar-refractivity contribution in [3.8, 4) is 5.75 Å². The van der Waals surface area contributed by atoms with Crippen molar-refractivity contribution >= 4 is 23.6 Å². The fourth-order valence-electron chi connectivity index (χ4n) is 5.61. The van der Waals surface area contributed by atoms with Gasteiger partial charge in [0.2, 0.25) is 0 Å². The molecule has 2 aliphatic rings. The first-order valence-electron chi connectivity index (χ1n) is 14.2. The van der Waals surface area contributed by atoms with E-state index in [-0.39, 0.29) is 17.8 Å². The summed E-state index contributed by atoms with van der Waals surface area (Å²) in [5.41, 5.74) is 1.97. The summed E-state index contributed by atoms with van der Waals surface area (Å²) < 4.78 is 0. The molecular formula is C31H40N4O5. The van der Waals surface area contributed by atoms with E-state index in [0.717, 1.165) is 24.0 Å². The second-order valence-corrected chi connectivity index (χ2v) is 11.2. The predicted octanol–water partition coefficient (Wildman–Crippen LogP) is 2.72. The van der Waals surface area contributed by atoms with E-state index in [0.29, 0.717) is 57.9 Å². The molecule has 9 nitrogen and oxygen atoms in total. The molecule has 0 aliphatic carbocycles. The molecule has 0 aromatic heterocycles. The molecule has 2 aromatic carbocycles. The van der Waals surface area contributed by atoms with Gasteiger partial charge in [-0.05, 0) is 61.3 Å². The molecule has 40 heavy (non-hydrogen) atoms. The lowest BCUT2D eigenvalue weighted by Crippen LogP contribution is -2.60. The van der Waals surface area contributed by atoms with Crippen molar-refractivity contribution in [3.05, 3.63) is 65.7 Å². The molecule has 2 N–H and O–H groups in total. The number of carbonyl (C=O) groups is 4. The lowest BCUT2D eigenvalue weighted by molar-refractivity contribution is -0.159. The van der Waals surface area contributed by atoms with Crippen LogP contribution in [-0.4, -0.2) is 81.7 Å². The van der Waals surface area contributed by atoms with Gasteiger partial charge in [-0.1, -0.05) is 56.3 Å². The summed E-state index contributed by atoms with van der Waals surface area (Å²) in [5, 5.41) is 12.2. The van der Waals surface area contributed by atoms with Gasteiger partial charge < -0.3 is 25.1 Å². The second kappa shape index (κ2) is 13.5. The lowest BCUT2D eigenvalue weighted by Gasteiger charge is -2.41. The number of phenols is 1. The Morgan fingerprint density at radius 1 is 0.825 bits per heavy atom.